The molecule has 4 rings (SSSR count). The van der Waals surface area contributed by atoms with Crippen LogP contribution < -0.4 is 4.74 Å². The van der Waals surface area contributed by atoms with Crippen molar-refractivity contribution in [3.05, 3.63) is 101 Å². The van der Waals surface area contributed by atoms with Crippen molar-refractivity contribution in [2.24, 2.45) is 16.2 Å². The molecule has 0 aliphatic carbocycles. The van der Waals surface area contributed by atoms with E-state index in [2.05, 4.69) is 10.3 Å². The average Bonchev–Trinajstić information content (AvgIpc) is 3.46. The molecule has 0 saturated carbocycles. The molecule has 40 heavy (non-hydrogen) atoms. The molecule has 0 aromatic heterocycles. The van der Waals surface area contributed by atoms with E-state index >= 15 is 0 Å². The number of carbonyl (C=O) groups is 1. The molecule has 0 radical (unpaired) electrons. The molecule has 210 valence electrons. The van der Waals surface area contributed by atoms with Crippen LogP contribution in [0.15, 0.2) is 83.1 Å². The number of oxime groups is 2. The van der Waals surface area contributed by atoms with Crippen molar-refractivity contribution in [2.75, 3.05) is 6.73 Å². The van der Waals surface area contributed by atoms with Crippen molar-refractivity contribution in [3.63, 3.8) is 0 Å². The van der Waals surface area contributed by atoms with Crippen LogP contribution in [0, 0.1) is 11.7 Å². The minimum atomic E-state index is -4.46. The Bertz CT molecular complexity index is 1340. The molecule has 1 N–H and O–H groups in total. The minimum absolute atomic E-state index is 0.0475. The summed E-state index contributed by atoms with van der Waals surface area (Å²) >= 11 is 0. The van der Waals surface area contributed by atoms with E-state index in [0.717, 1.165) is 12.1 Å². The van der Waals surface area contributed by atoms with Gasteiger partial charge in [0.25, 0.3) is 0 Å². The summed E-state index contributed by atoms with van der Waals surface area (Å²) in [6.07, 6.45) is -3.78. The second-order valence-corrected chi connectivity index (χ2v) is 8.95. The Kier molecular flexibility index (Phi) is 8.87. The van der Waals surface area contributed by atoms with Crippen LogP contribution in [-0.2, 0) is 33.7 Å². The van der Waals surface area contributed by atoms with E-state index in [1.54, 1.807) is 48.2 Å². The first kappa shape index (κ1) is 28.4. The zero-order valence-corrected chi connectivity index (χ0v) is 21.2. The molecule has 3 aromatic rings. The second kappa shape index (κ2) is 12.5. The molecule has 1 aliphatic rings. The summed E-state index contributed by atoms with van der Waals surface area (Å²) in [5.74, 6) is -2.02. The van der Waals surface area contributed by atoms with E-state index in [9.17, 15) is 27.5 Å². The molecule has 12 heteroatoms. The monoisotopic (exact) mass is 559 g/mol. The molecule has 0 fully saturated rings. The van der Waals surface area contributed by atoms with E-state index in [-0.39, 0.29) is 31.3 Å². The number of aliphatic carboxylic acids is 1. The second-order valence-electron chi connectivity index (χ2n) is 8.95. The summed E-state index contributed by atoms with van der Waals surface area (Å²) in [5, 5.41) is 17.4. The number of benzene rings is 3. The molecule has 3 aromatic carbocycles. The summed E-state index contributed by atoms with van der Waals surface area (Å²) in [7, 11) is 0. The van der Waals surface area contributed by atoms with Crippen LogP contribution in [0.5, 0.6) is 5.75 Å². The first-order chi connectivity index (χ1) is 19.1. The third-order valence-electron chi connectivity index (χ3n) is 6.07. The number of carboxylic acid groups (broad SMARTS) is 1. The third-order valence-corrected chi connectivity index (χ3v) is 6.07. The van der Waals surface area contributed by atoms with Gasteiger partial charge in [0.05, 0.1) is 11.3 Å². The SMILES string of the molecule is C/C(=N\OCc1ccc(F)cc1)C(Cc1ccc(OC(c2ccc(C(F)(F)F)cc2)N2C=NOC2)cc1)C(=O)O. The van der Waals surface area contributed by atoms with Crippen LogP contribution in [0.4, 0.5) is 17.6 Å². The normalized spacial score (nSPS) is 14.9. The Hall–Kier alpha value is -4.61. The molecule has 0 bridgehead atoms. The summed E-state index contributed by atoms with van der Waals surface area (Å²) in [6, 6.07) is 16.9. The van der Waals surface area contributed by atoms with Gasteiger partial charge in [-0.3, -0.25) is 9.69 Å². The molecular formula is C28H25F4N3O5. The summed E-state index contributed by atoms with van der Waals surface area (Å²) in [4.78, 5) is 23.7. The number of rotatable bonds is 11. The molecule has 2 atom stereocenters. The molecular weight excluding hydrogens is 534 g/mol. The smallest absolute Gasteiger partial charge is 0.416 e. The van der Waals surface area contributed by atoms with Crippen LogP contribution in [0.3, 0.4) is 0 Å². The maximum atomic E-state index is 13.0. The molecule has 8 nitrogen and oxygen atoms in total. The first-order valence-corrected chi connectivity index (χ1v) is 12.1. The van der Waals surface area contributed by atoms with Gasteiger partial charge in [-0.1, -0.05) is 46.7 Å². The zero-order valence-electron chi connectivity index (χ0n) is 21.2. The van der Waals surface area contributed by atoms with Gasteiger partial charge in [-0.2, -0.15) is 13.2 Å². The molecule has 2 unspecified atom stereocenters. The predicted molar refractivity (Wildman–Crippen MR) is 137 cm³/mol. The van der Waals surface area contributed by atoms with Gasteiger partial charge >= 0.3 is 12.1 Å². The van der Waals surface area contributed by atoms with Crippen molar-refractivity contribution in [3.8, 4) is 5.75 Å². The zero-order chi connectivity index (χ0) is 28.7. The summed E-state index contributed by atoms with van der Waals surface area (Å²) < 4.78 is 58.1. The van der Waals surface area contributed by atoms with E-state index in [4.69, 9.17) is 14.4 Å². The lowest BCUT2D eigenvalue weighted by atomic mass is 9.95. The Balaban J connectivity index is 1.42. The average molecular weight is 560 g/mol. The highest BCUT2D eigenvalue weighted by molar-refractivity contribution is 6.00. The standard InChI is InChI=1S/C28H25F4N3O5/c1-18(34-38-15-20-2-10-23(29)11-3-20)25(27(36)37)14-19-4-12-24(13-5-19)40-26(35-16-33-39-17-35)21-6-8-22(9-7-21)28(30,31)32/h2-13,16,25-26H,14-15,17H2,1H3,(H,36,37)/b34-18+. The van der Waals surface area contributed by atoms with Crippen LogP contribution >= 0.6 is 0 Å². The largest absolute Gasteiger partial charge is 0.481 e. The fourth-order valence-corrected chi connectivity index (χ4v) is 3.85. The minimum Gasteiger partial charge on any atom is -0.481 e. The topological polar surface area (TPSA) is 93.0 Å². The number of nitrogens with zero attached hydrogens (tertiary/aromatic N) is 3. The first-order valence-electron chi connectivity index (χ1n) is 12.1. The number of hydrogen-bond acceptors (Lipinski definition) is 7. The lowest BCUT2D eigenvalue weighted by Gasteiger charge is -2.26. The van der Waals surface area contributed by atoms with E-state index < -0.39 is 29.9 Å². The van der Waals surface area contributed by atoms with Crippen molar-refractivity contribution < 1.29 is 41.9 Å². The number of ether oxygens (including phenoxy) is 1. The third kappa shape index (κ3) is 7.49. The lowest BCUT2D eigenvalue weighted by molar-refractivity contribution is -0.139. The van der Waals surface area contributed by atoms with Gasteiger partial charge in [-0.05, 0) is 60.9 Å². The van der Waals surface area contributed by atoms with Gasteiger partial charge in [0, 0.05) is 5.56 Å². The van der Waals surface area contributed by atoms with E-state index in [0.29, 0.717) is 22.4 Å². The highest BCUT2D eigenvalue weighted by Crippen LogP contribution is 2.32. The summed E-state index contributed by atoms with van der Waals surface area (Å²) in [5.41, 5.74) is 1.29. The predicted octanol–water partition coefficient (Wildman–Crippen LogP) is 5.99. The fraction of sp³-hybridized carbons (Fsp3) is 0.250. The molecule has 1 aliphatic heterocycles. The van der Waals surface area contributed by atoms with E-state index in [1.807, 2.05) is 0 Å². The summed E-state index contributed by atoms with van der Waals surface area (Å²) in [6.45, 7) is 1.66. The maximum Gasteiger partial charge on any atom is 0.416 e. The number of carboxylic acids is 1. The highest BCUT2D eigenvalue weighted by atomic mass is 19.4. The molecule has 0 amide bonds. The van der Waals surface area contributed by atoms with Gasteiger partial charge in [0.1, 0.15) is 30.4 Å². The Morgan fingerprint density at radius 2 is 1.70 bits per heavy atom. The van der Waals surface area contributed by atoms with Gasteiger partial charge in [0.15, 0.2) is 6.73 Å². The fourth-order valence-electron chi connectivity index (χ4n) is 3.85. The van der Waals surface area contributed by atoms with Crippen LogP contribution in [0.25, 0.3) is 0 Å². The Morgan fingerprint density at radius 3 is 2.27 bits per heavy atom. The van der Waals surface area contributed by atoms with Gasteiger partial charge in [0.2, 0.25) is 6.23 Å². The number of halogens is 4. The lowest BCUT2D eigenvalue weighted by Crippen LogP contribution is -2.30. The van der Waals surface area contributed by atoms with Gasteiger partial charge in [-0.15, -0.1) is 0 Å². The molecule has 1 heterocycles. The van der Waals surface area contributed by atoms with Crippen molar-refractivity contribution >= 4 is 18.0 Å². The Labute approximate surface area is 227 Å². The highest BCUT2D eigenvalue weighted by Gasteiger charge is 2.31. The Morgan fingerprint density at radius 1 is 1.05 bits per heavy atom. The van der Waals surface area contributed by atoms with Gasteiger partial charge < -0.3 is 19.5 Å². The van der Waals surface area contributed by atoms with Crippen molar-refractivity contribution in [1.29, 1.82) is 0 Å². The number of alkyl halides is 3. The van der Waals surface area contributed by atoms with Crippen LogP contribution in [0.1, 0.15) is 35.4 Å². The number of hydrogen-bond donors (Lipinski definition) is 1. The van der Waals surface area contributed by atoms with Crippen molar-refractivity contribution in [2.45, 2.75) is 32.4 Å². The molecule has 0 spiro atoms. The quantitative estimate of drug-likeness (QED) is 0.176. The van der Waals surface area contributed by atoms with Crippen LogP contribution in [-0.4, -0.2) is 34.8 Å². The van der Waals surface area contributed by atoms with Crippen molar-refractivity contribution in [1.82, 2.24) is 4.90 Å². The maximum absolute atomic E-state index is 13.0. The van der Waals surface area contributed by atoms with E-state index in [1.165, 1.54) is 30.6 Å². The van der Waals surface area contributed by atoms with Crippen LogP contribution in [0.2, 0.25) is 0 Å². The van der Waals surface area contributed by atoms with Gasteiger partial charge in [-0.25, -0.2) is 4.39 Å². The molecule has 0 saturated heterocycles.